The number of carbonyl (C=O) groups is 1. The molecule has 0 spiro atoms. The minimum absolute atomic E-state index is 0.0182. The fourth-order valence-electron chi connectivity index (χ4n) is 4.36. The lowest BCUT2D eigenvalue weighted by Gasteiger charge is -2.11. The molecule has 5 aromatic rings. The van der Waals surface area contributed by atoms with Crippen LogP contribution in [0.2, 0.25) is 0 Å². The first-order valence-corrected chi connectivity index (χ1v) is 12.5. The number of fused-ring (bicyclic) bond motifs is 1. The van der Waals surface area contributed by atoms with E-state index in [0.717, 1.165) is 12.1 Å². The number of hydrogen-bond donors (Lipinski definition) is 0. The highest BCUT2D eigenvalue weighted by Gasteiger charge is 2.30. The van der Waals surface area contributed by atoms with Crippen molar-refractivity contribution in [3.63, 3.8) is 0 Å². The fraction of sp³-hybridized carbons (Fsp3) is 0.214. The number of carbonyl (C=O) groups excluding carboxylic acids is 1. The molecule has 0 saturated carbocycles. The van der Waals surface area contributed by atoms with Gasteiger partial charge in [-0.15, -0.1) is 0 Å². The van der Waals surface area contributed by atoms with Gasteiger partial charge < -0.3 is 4.74 Å². The summed E-state index contributed by atoms with van der Waals surface area (Å²) in [5.41, 5.74) is -0.213. The van der Waals surface area contributed by atoms with Gasteiger partial charge in [0.25, 0.3) is 5.56 Å². The summed E-state index contributed by atoms with van der Waals surface area (Å²) in [6.07, 6.45) is -0.936. The Balaban J connectivity index is 1.56. The molecule has 41 heavy (non-hydrogen) atoms. The van der Waals surface area contributed by atoms with Crippen LogP contribution in [0.3, 0.4) is 0 Å². The number of nitrogens with zero attached hydrogens (tertiary/aromatic N) is 7. The number of imidazole rings is 1. The van der Waals surface area contributed by atoms with Crippen LogP contribution in [0.4, 0.5) is 13.2 Å². The summed E-state index contributed by atoms with van der Waals surface area (Å²) in [6.45, 7) is 1.73. The Kier molecular flexibility index (Phi) is 7.39. The molecule has 0 bridgehead atoms. The van der Waals surface area contributed by atoms with Crippen molar-refractivity contribution < 1.29 is 22.7 Å². The molecule has 0 unspecified atom stereocenters. The van der Waals surface area contributed by atoms with Crippen LogP contribution >= 0.6 is 0 Å². The van der Waals surface area contributed by atoms with Gasteiger partial charge >= 0.3 is 12.1 Å². The lowest BCUT2D eigenvalue weighted by molar-refractivity contribution is -0.137. The summed E-state index contributed by atoms with van der Waals surface area (Å²) in [5, 5.41) is 13.8. The first kappa shape index (κ1) is 27.3. The van der Waals surface area contributed by atoms with Gasteiger partial charge in [-0.2, -0.15) is 28.5 Å². The predicted molar refractivity (Wildman–Crippen MR) is 140 cm³/mol. The van der Waals surface area contributed by atoms with Crippen molar-refractivity contribution >= 4 is 17.1 Å². The topological polar surface area (TPSA) is 121 Å². The van der Waals surface area contributed by atoms with Crippen molar-refractivity contribution in [3.8, 4) is 17.5 Å². The number of nitriles is 1. The molecular formula is C28H22F3N7O3. The van der Waals surface area contributed by atoms with Crippen LogP contribution < -0.4 is 5.56 Å². The van der Waals surface area contributed by atoms with Crippen LogP contribution in [0.5, 0.6) is 0 Å². The SMILES string of the molecule is CCCn1c(C#N)nc2nc(-c3cnn(Cc4cccc(C(F)(F)F)c4)c3)n(COC(=O)c3ccccc3)c2c1=O. The quantitative estimate of drug-likeness (QED) is 0.254. The van der Waals surface area contributed by atoms with Crippen LogP contribution in [-0.2, 0) is 30.7 Å². The Labute approximate surface area is 230 Å². The Bertz CT molecular complexity index is 1830. The van der Waals surface area contributed by atoms with E-state index in [-0.39, 0.29) is 35.9 Å². The maximum Gasteiger partial charge on any atom is 0.416 e. The normalized spacial score (nSPS) is 11.5. The highest BCUT2D eigenvalue weighted by molar-refractivity contribution is 5.89. The number of aromatic nitrogens is 6. The summed E-state index contributed by atoms with van der Waals surface area (Å²) in [5.74, 6) is -0.560. The molecule has 0 fully saturated rings. The van der Waals surface area contributed by atoms with Crippen molar-refractivity contribution in [1.82, 2.24) is 28.9 Å². The number of halogens is 3. The van der Waals surface area contributed by atoms with Crippen molar-refractivity contribution in [2.75, 3.05) is 0 Å². The molecule has 3 heterocycles. The van der Waals surface area contributed by atoms with E-state index in [4.69, 9.17) is 4.74 Å². The largest absolute Gasteiger partial charge is 0.440 e. The third-order valence-corrected chi connectivity index (χ3v) is 6.24. The summed E-state index contributed by atoms with van der Waals surface area (Å²) in [4.78, 5) is 34.9. The number of hydrogen-bond acceptors (Lipinski definition) is 7. The third-order valence-electron chi connectivity index (χ3n) is 6.24. The van der Waals surface area contributed by atoms with Gasteiger partial charge in [0, 0.05) is 12.7 Å². The van der Waals surface area contributed by atoms with Crippen LogP contribution in [0, 0.1) is 11.3 Å². The molecular weight excluding hydrogens is 539 g/mol. The van der Waals surface area contributed by atoms with E-state index in [1.807, 2.05) is 13.0 Å². The molecule has 10 nitrogen and oxygen atoms in total. The van der Waals surface area contributed by atoms with Crippen LogP contribution in [0.1, 0.15) is 40.7 Å². The highest BCUT2D eigenvalue weighted by Crippen LogP contribution is 2.30. The first-order valence-electron chi connectivity index (χ1n) is 12.5. The lowest BCUT2D eigenvalue weighted by atomic mass is 10.1. The maximum atomic E-state index is 13.5. The van der Waals surface area contributed by atoms with Crippen molar-refractivity contribution in [1.29, 1.82) is 5.26 Å². The zero-order valence-corrected chi connectivity index (χ0v) is 21.7. The Morgan fingerprint density at radius 3 is 2.56 bits per heavy atom. The van der Waals surface area contributed by atoms with E-state index in [0.29, 0.717) is 23.1 Å². The molecule has 0 aliphatic heterocycles. The number of alkyl halides is 3. The minimum Gasteiger partial charge on any atom is -0.440 e. The molecule has 0 atom stereocenters. The van der Waals surface area contributed by atoms with Crippen molar-refractivity contribution in [2.24, 2.45) is 0 Å². The van der Waals surface area contributed by atoms with Crippen LogP contribution in [0.25, 0.3) is 22.6 Å². The van der Waals surface area contributed by atoms with Crippen LogP contribution in [-0.4, -0.2) is 34.9 Å². The Hall–Kier alpha value is -5.25. The molecule has 0 N–H and O–H groups in total. The molecule has 13 heteroatoms. The van der Waals surface area contributed by atoms with Gasteiger partial charge in [0.1, 0.15) is 11.9 Å². The summed E-state index contributed by atoms with van der Waals surface area (Å²) in [7, 11) is 0. The summed E-state index contributed by atoms with van der Waals surface area (Å²) >= 11 is 0. The zero-order chi connectivity index (χ0) is 29.1. The minimum atomic E-state index is -4.48. The van der Waals surface area contributed by atoms with E-state index in [9.17, 15) is 28.0 Å². The van der Waals surface area contributed by atoms with Gasteiger partial charge in [-0.25, -0.2) is 9.78 Å². The molecule has 0 radical (unpaired) electrons. The zero-order valence-electron chi connectivity index (χ0n) is 21.7. The second kappa shape index (κ2) is 11.1. The fourth-order valence-corrected chi connectivity index (χ4v) is 4.36. The number of esters is 1. The van der Waals surface area contributed by atoms with E-state index in [1.165, 1.54) is 26.1 Å². The average molecular weight is 562 g/mol. The van der Waals surface area contributed by atoms with E-state index in [1.54, 1.807) is 42.6 Å². The third kappa shape index (κ3) is 5.58. The lowest BCUT2D eigenvalue weighted by Crippen LogP contribution is -2.26. The van der Waals surface area contributed by atoms with E-state index >= 15 is 0 Å². The average Bonchev–Trinajstić information content (AvgIpc) is 3.57. The van der Waals surface area contributed by atoms with Crippen molar-refractivity contribution in [2.45, 2.75) is 39.3 Å². The standard InChI is InChI=1S/C28H22F3N7O3/c1-2-11-37-22(13-32)34-24-23(26(37)39)38(17-41-27(40)19-8-4-3-5-9-19)25(35-24)20-14-33-36(16-20)15-18-7-6-10-21(12-18)28(29,30)31/h3-10,12,14,16H,2,11,15,17H2,1H3. The first-order chi connectivity index (χ1) is 19.7. The molecule has 0 aliphatic carbocycles. The second-order valence-corrected chi connectivity index (χ2v) is 9.09. The van der Waals surface area contributed by atoms with Gasteiger partial charge in [-0.05, 0) is 36.2 Å². The van der Waals surface area contributed by atoms with Gasteiger partial charge in [0.15, 0.2) is 17.9 Å². The molecule has 0 saturated heterocycles. The highest BCUT2D eigenvalue weighted by atomic mass is 19.4. The molecule has 5 rings (SSSR count). The smallest absolute Gasteiger partial charge is 0.416 e. The Morgan fingerprint density at radius 1 is 1.07 bits per heavy atom. The van der Waals surface area contributed by atoms with Gasteiger partial charge in [0.05, 0.1) is 29.4 Å². The summed E-state index contributed by atoms with van der Waals surface area (Å²) < 4.78 is 49.0. The molecule has 208 valence electrons. The molecule has 3 aromatic heterocycles. The van der Waals surface area contributed by atoms with E-state index in [2.05, 4.69) is 15.1 Å². The molecule has 2 aromatic carbocycles. The van der Waals surface area contributed by atoms with Gasteiger partial charge in [-0.1, -0.05) is 37.3 Å². The number of ether oxygens (including phenoxy) is 1. The predicted octanol–water partition coefficient (Wildman–Crippen LogP) is 4.62. The molecule has 0 amide bonds. The monoisotopic (exact) mass is 561 g/mol. The Morgan fingerprint density at radius 2 is 1.85 bits per heavy atom. The maximum absolute atomic E-state index is 13.5. The summed E-state index contributed by atoms with van der Waals surface area (Å²) in [6, 6.07) is 15.1. The number of rotatable bonds is 8. The van der Waals surface area contributed by atoms with Gasteiger partial charge in [0.2, 0.25) is 5.82 Å². The van der Waals surface area contributed by atoms with E-state index < -0.39 is 30.0 Å². The second-order valence-electron chi connectivity index (χ2n) is 9.09. The van der Waals surface area contributed by atoms with Crippen molar-refractivity contribution in [3.05, 3.63) is 99.9 Å². The van der Waals surface area contributed by atoms with Gasteiger partial charge in [-0.3, -0.25) is 18.6 Å². The number of benzene rings is 2. The molecule has 0 aliphatic rings. The van der Waals surface area contributed by atoms with Crippen LogP contribution in [0.15, 0.2) is 71.8 Å².